The van der Waals surface area contributed by atoms with Crippen LogP contribution in [0.15, 0.2) is 5.38 Å². The highest BCUT2D eigenvalue weighted by Gasteiger charge is 2.09. The first-order chi connectivity index (χ1) is 5.59. The van der Waals surface area contributed by atoms with E-state index in [2.05, 4.69) is 9.71 Å². The van der Waals surface area contributed by atoms with Crippen LogP contribution in [0.3, 0.4) is 0 Å². The van der Waals surface area contributed by atoms with E-state index >= 15 is 0 Å². The van der Waals surface area contributed by atoms with Gasteiger partial charge < -0.3 is 4.72 Å². The Bertz CT molecular complexity index is 287. The number of thiol groups is 1. The van der Waals surface area contributed by atoms with Crippen LogP contribution in [0.4, 0.5) is 4.39 Å². The number of carbonyl (C=O) groups excluding carboxylic acids is 1. The van der Waals surface area contributed by atoms with Gasteiger partial charge in [0.1, 0.15) is 5.69 Å². The van der Waals surface area contributed by atoms with Crippen LogP contribution in [0, 0.1) is 5.26 Å². The Kier molecular flexibility index (Phi) is 3.05. The molecule has 1 aromatic heterocycles. The van der Waals surface area contributed by atoms with Gasteiger partial charge in [-0.25, -0.2) is 4.98 Å². The molecule has 0 saturated carbocycles. The predicted molar refractivity (Wildman–Crippen MR) is 50.4 cm³/mol. The molecule has 0 saturated heterocycles. The highest BCUT2D eigenvalue weighted by atomic mass is 32.2. The van der Waals surface area contributed by atoms with Crippen LogP contribution in [0.1, 0.15) is 10.5 Å². The summed E-state index contributed by atoms with van der Waals surface area (Å²) in [7, 11) is 0. The number of thiazole rings is 1. The fourth-order valence-corrected chi connectivity index (χ4v) is 1.66. The highest BCUT2D eigenvalue weighted by Crippen LogP contribution is 2.11. The molecule has 0 atom stereocenters. The quantitative estimate of drug-likeness (QED) is 0.717. The van der Waals surface area contributed by atoms with E-state index in [1.165, 1.54) is 5.38 Å². The van der Waals surface area contributed by atoms with Gasteiger partial charge in [0, 0.05) is 5.38 Å². The van der Waals surface area contributed by atoms with Crippen molar-refractivity contribution in [2.45, 2.75) is 0 Å². The van der Waals surface area contributed by atoms with Gasteiger partial charge in [-0.15, -0.1) is 0 Å². The molecule has 1 rings (SSSR count). The van der Waals surface area contributed by atoms with Crippen molar-refractivity contribution in [3.63, 3.8) is 0 Å². The first kappa shape index (κ1) is 9.47. The molecule has 1 amide bonds. The molecule has 6 heteroatoms. The molecule has 3 nitrogen and oxygen atoms in total. The maximum absolute atomic E-state index is 12.4. The van der Waals surface area contributed by atoms with Crippen molar-refractivity contribution in [2.24, 2.45) is 0 Å². The summed E-state index contributed by atoms with van der Waals surface area (Å²) in [5, 5.41) is 0.834. The molecule has 0 spiro atoms. The van der Waals surface area contributed by atoms with Gasteiger partial charge >= 0.3 is 0 Å². The van der Waals surface area contributed by atoms with Crippen molar-refractivity contribution in [1.29, 1.82) is 0 Å². The third kappa shape index (κ3) is 2.46. The number of hydrogen-bond donors (Lipinski definition) is 2. The fourth-order valence-electron chi connectivity index (χ4n) is 0.617. The van der Waals surface area contributed by atoms with Crippen molar-refractivity contribution in [1.82, 2.24) is 9.71 Å². The molecule has 0 aliphatic rings. The molecule has 0 aliphatic carbocycles. The Balaban J connectivity index is 2.65. The van der Waals surface area contributed by atoms with E-state index in [1.54, 1.807) is 0 Å². The first-order valence-electron chi connectivity index (χ1n) is 3.19. The summed E-state index contributed by atoms with van der Waals surface area (Å²) in [5.41, 5.74) is 0.161. The number of hydrogen-bond acceptors (Lipinski definition) is 3. The van der Waals surface area contributed by atoms with Gasteiger partial charge in [0.2, 0.25) is 0 Å². The summed E-state index contributed by atoms with van der Waals surface area (Å²) < 4.78 is 15.0. The molecule has 12 heavy (non-hydrogen) atoms. The largest absolute Gasteiger partial charge is 0.316 e. The zero-order valence-corrected chi connectivity index (χ0v) is 8.38. The van der Waals surface area contributed by atoms with Gasteiger partial charge in [-0.1, -0.05) is 11.3 Å². The summed E-state index contributed by atoms with van der Waals surface area (Å²) in [6.07, 6.45) is 3.80. The molecule has 0 aliphatic heterocycles. The van der Waals surface area contributed by atoms with Crippen molar-refractivity contribution in [3.8, 4) is 0 Å². The number of amides is 1. The van der Waals surface area contributed by atoms with Crippen LogP contribution in [0.2, 0.25) is 0 Å². The summed E-state index contributed by atoms with van der Waals surface area (Å²) in [6.45, 7) is 0. The van der Waals surface area contributed by atoms with Gasteiger partial charge in [-0.05, 0) is 12.5 Å². The SMILES string of the molecule is C[SH](C)NC(=O)c1csc(F)n1. The standard InChI is InChI=1S/C6H9FN2OS2/c1-12(2)9-5(10)4-3-11-6(7)8-4/h3,12H,1-2H3,(H,9,10). The zero-order valence-electron chi connectivity index (χ0n) is 6.67. The van der Waals surface area contributed by atoms with Gasteiger partial charge in [0.15, 0.2) is 0 Å². The van der Waals surface area contributed by atoms with Crippen molar-refractivity contribution in [2.75, 3.05) is 12.5 Å². The van der Waals surface area contributed by atoms with E-state index in [4.69, 9.17) is 0 Å². The van der Waals surface area contributed by atoms with E-state index in [1.807, 2.05) is 12.5 Å². The minimum absolute atomic E-state index is 0.161. The monoisotopic (exact) mass is 208 g/mol. The maximum atomic E-state index is 12.4. The Labute approximate surface area is 76.5 Å². The van der Waals surface area contributed by atoms with Gasteiger partial charge in [-0.2, -0.15) is 15.5 Å². The second-order valence-corrected chi connectivity index (χ2v) is 5.14. The number of aromatic nitrogens is 1. The Morgan fingerprint density at radius 3 is 2.83 bits per heavy atom. The van der Waals surface area contributed by atoms with Gasteiger partial charge in [-0.3, -0.25) is 4.79 Å². The number of carbonyl (C=O) groups is 1. The molecule has 1 aromatic rings. The maximum Gasteiger partial charge on any atom is 0.279 e. The molecule has 0 radical (unpaired) electrons. The molecule has 68 valence electrons. The number of halogens is 1. The Morgan fingerprint density at radius 2 is 2.42 bits per heavy atom. The summed E-state index contributed by atoms with van der Waals surface area (Å²) in [6, 6.07) is 0. The highest BCUT2D eigenvalue weighted by molar-refractivity contribution is 8.14. The molecule has 0 unspecified atom stereocenters. The molecule has 0 fully saturated rings. The average Bonchev–Trinajstić information content (AvgIpc) is 2.34. The van der Waals surface area contributed by atoms with Crippen LogP contribution >= 0.6 is 22.4 Å². The lowest BCUT2D eigenvalue weighted by atomic mass is 10.5. The van der Waals surface area contributed by atoms with Crippen LogP contribution in [-0.4, -0.2) is 23.4 Å². The summed E-state index contributed by atoms with van der Waals surface area (Å²) >= 11 is 0.317. The van der Waals surface area contributed by atoms with Crippen molar-refractivity contribution < 1.29 is 9.18 Å². The van der Waals surface area contributed by atoms with E-state index in [0.29, 0.717) is 0 Å². The molecular weight excluding hydrogens is 199 g/mol. The van der Waals surface area contributed by atoms with Crippen molar-refractivity contribution in [3.05, 3.63) is 16.3 Å². The van der Waals surface area contributed by atoms with Crippen LogP contribution in [0.25, 0.3) is 0 Å². The fraction of sp³-hybridized carbons (Fsp3) is 0.333. The second kappa shape index (κ2) is 3.86. The lowest BCUT2D eigenvalue weighted by Gasteiger charge is -2.09. The lowest BCUT2D eigenvalue weighted by molar-refractivity contribution is 0.0979. The third-order valence-electron chi connectivity index (χ3n) is 1.03. The van der Waals surface area contributed by atoms with E-state index < -0.39 is 16.3 Å². The number of nitrogens with one attached hydrogen (secondary N) is 1. The minimum atomic E-state index is -0.573. The zero-order chi connectivity index (χ0) is 9.14. The van der Waals surface area contributed by atoms with E-state index in [9.17, 15) is 9.18 Å². The number of nitrogens with zero attached hydrogens (tertiary/aromatic N) is 1. The van der Waals surface area contributed by atoms with Crippen molar-refractivity contribution >= 4 is 28.3 Å². The molecular formula is C6H9FN2OS2. The summed E-state index contributed by atoms with van der Waals surface area (Å²) in [4.78, 5) is 14.6. The molecule has 1 heterocycles. The van der Waals surface area contributed by atoms with Crippen LogP contribution in [0.5, 0.6) is 0 Å². The van der Waals surface area contributed by atoms with E-state index in [0.717, 1.165) is 11.3 Å². The first-order valence-corrected chi connectivity index (χ1v) is 6.30. The lowest BCUT2D eigenvalue weighted by Crippen LogP contribution is -2.19. The normalized spacial score (nSPS) is 11.1. The Morgan fingerprint density at radius 1 is 1.75 bits per heavy atom. The molecule has 0 bridgehead atoms. The number of rotatable bonds is 2. The topological polar surface area (TPSA) is 42.0 Å². The predicted octanol–water partition coefficient (Wildman–Crippen LogP) is 1.19. The molecule has 1 N–H and O–H groups in total. The van der Waals surface area contributed by atoms with E-state index in [-0.39, 0.29) is 11.6 Å². The smallest absolute Gasteiger partial charge is 0.279 e. The van der Waals surface area contributed by atoms with Gasteiger partial charge in [0.25, 0.3) is 11.2 Å². The van der Waals surface area contributed by atoms with Crippen LogP contribution in [-0.2, 0) is 0 Å². The minimum Gasteiger partial charge on any atom is -0.316 e. The average molecular weight is 208 g/mol. The third-order valence-corrected chi connectivity index (χ3v) is 2.31. The molecule has 0 aromatic carbocycles. The van der Waals surface area contributed by atoms with Gasteiger partial charge in [0.05, 0.1) is 0 Å². The summed E-state index contributed by atoms with van der Waals surface area (Å²) in [5.74, 6) is -0.300. The second-order valence-electron chi connectivity index (χ2n) is 2.32. The Hall–Kier alpha value is -0.620. The van der Waals surface area contributed by atoms with Crippen LogP contribution < -0.4 is 4.72 Å².